The van der Waals surface area contributed by atoms with Crippen molar-refractivity contribution in [3.8, 4) is 11.5 Å². The van der Waals surface area contributed by atoms with E-state index in [2.05, 4.69) is 18.7 Å². The number of rotatable bonds is 8. The molecule has 1 saturated heterocycles. The fourth-order valence-corrected chi connectivity index (χ4v) is 5.23. The van der Waals surface area contributed by atoms with E-state index >= 15 is 0 Å². The maximum Gasteiger partial charge on any atom is 0.247 e. The molecule has 7 nitrogen and oxygen atoms in total. The van der Waals surface area contributed by atoms with Crippen molar-refractivity contribution in [2.24, 2.45) is 0 Å². The van der Waals surface area contributed by atoms with Crippen LogP contribution >= 0.6 is 0 Å². The van der Waals surface area contributed by atoms with Crippen LogP contribution in [-0.2, 0) is 14.8 Å². The van der Waals surface area contributed by atoms with Crippen LogP contribution in [-0.4, -0.2) is 77.3 Å². The molecule has 0 aliphatic carbocycles. The van der Waals surface area contributed by atoms with Crippen LogP contribution in [0.25, 0.3) is 0 Å². The second-order valence-corrected chi connectivity index (χ2v) is 8.53. The average molecular weight is 387 g/mol. The molecular formula is C18H30N2O5S. The third kappa shape index (κ3) is 4.49. The zero-order valence-electron chi connectivity index (χ0n) is 16.3. The summed E-state index contributed by atoms with van der Waals surface area (Å²) in [4.78, 5) is 2.49. The normalized spacial score (nSPS) is 22.3. The van der Waals surface area contributed by atoms with Crippen LogP contribution in [0.1, 0.15) is 20.3 Å². The van der Waals surface area contributed by atoms with Crippen molar-refractivity contribution in [1.82, 2.24) is 9.21 Å². The highest BCUT2D eigenvalue weighted by atomic mass is 32.2. The van der Waals surface area contributed by atoms with Crippen LogP contribution in [0, 0.1) is 0 Å². The number of hydrogen-bond donors (Lipinski definition) is 0. The van der Waals surface area contributed by atoms with Crippen LogP contribution in [0.5, 0.6) is 11.5 Å². The molecule has 8 heteroatoms. The molecule has 0 radical (unpaired) electrons. The Bertz CT molecular complexity index is 683. The van der Waals surface area contributed by atoms with Gasteiger partial charge in [0.2, 0.25) is 10.0 Å². The van der Waals surface area contributed by atoms with E-state index in [4.69, 9.17) is 14.2 Å². The summed E-state index contributed by atoms with van der Waals surface area (Å²) in [5, 5.41) is 0. The lowest BCUT2D eigenvalue weighted by Crippen LogP contribution is -2.58. The van der Waals surface area contributed by atoms with Gasteiger partial charge in [0.05, 0.1) is 14.2 Å². The molecule has 0 saturated carbocycles. The summed E-state index contributed by atoms with van der Waals surface area (Å²) >= 11 is 0. The molecule has 1 aromatic rings. The Labute approximate surface area is 156 Å². The molecule has 0 spiro atoms. The third-order valence-electron chi connectivity index (χ3n) is 4.82. The molecule has 148 valence electrons. The Morgan fingerprint density at radius 3 is 2.27 bits per heavy atom. The summed E-state index contributed by atoms with van der Waals surface area (Å²) in [6.45, 7) is 6.62. The van der Waals surface area contributed by atoms with Gasteiger partial charge in [-0.1, -0.05) is 0 Å². The number of benzene rings is 1. The Hall–Kier alpha value is -1.35. The average Bonchev–Trinajstić information content (AvgIpc) is 2.63. The maximum absolute atomic E-state index is 13.2. The van der Waals surface area contributed by atoms with E-state index in [1.165, 1.54) is 20.3 Å². The van der Waals surface area contributed by atoms with Gasteiger partial charge in [-0.2, -0.15) is 4.31 Å². The van der Waals surface area contributed by atoms with Crippen LogP contribution in [0.2, 0.25) is 0 Å². The first kappa shape index (κ1) is 21.0. The maximum atomic E-state index is 13.2. The molecule has 0 amide bonds. The fraction of sp³-hybridized carbons (Fsp3) is 0.667. The van der Waals surface area contributed by atoms with Crippen LogP contribution in [0.3, 0.4) is 0 Å². The molecule has 2 atom stereocenters. The molecule has 0 bridgehead atoms. The van der Waals surface area contributed by atoms with E-state index in [-0.39, 0.29) is 17.0 Å². The molecular weight excluding hydrogens is 356 g/mol. The first-order valence-corrected chi connectivity index (χ1v) is 10.3. The Morgan fingerprint density at radius 1 is 1.08 bits per heavy atom. The van der Waals surface area contributed by atoms with Crippen molar-refractivity contribution in [3.05, 3.63) is 18.2 Å². The number of hydrogen-bond acceptors (Lipinski definition) is 6. The number of nitrogens with zero attached hydrogens (tertiary/aromatic N) is 2. The molecule has 1 aliphatic rings. The van der Waals surface area contributed by atoms with Crippen molar-refractivity contribution >= 4 is 10.0 Å². The third-order valence-corrected chi connectivity index (χ3v) is 6.67. The molecule has 0 N–H and O–H groups in total. The number of piperazine rings is 1. The molecule has 2 rings (SSSR count). The summed E-state index contributed by atoms with van der Waals surface area (Å²) in [5.74, 6) is 0.817. The number of sulfonamides is 1. The minimum absolute atomic E-state index is 0.127. The van der Waals surface area contributed by atoms with Gasteiger partial charge in [0.15, 0.2) is 0 Å². The van der Waals surface area contributed by atoms with Crippen molar-refractivity contribution in [2.75, 3.05) is 47.6 Å². The van der Waals surface area contributed by atoms with Gasteiger partial charge in [-0.05, 0) is 32.4 Å². The first-order valence-electron chi connectivity index (χ1n) is 8.82. The van der Waals surface area contributed by atoms with Gasteiger partial charge in [-0.15, -0.1) is 0 Å². The van der Waals surface area contributed by atoms with Gasteiger partial charge in [0.1, 0.15) is 16.4 Å². The Morgan fingerprint density at radius 2 is 1.73 bits per heavy atom. The van der Waals surface area contributed by atoms with Gasteiger partial charge in [-0.25, -0.2) is 8.42 Å². The predicted molar refractivity (Wildman–Crippen MR) is 100 cm³/mol. The minimum Gasteiger partial charge on any atom is -0.497 e. The van der Waals surface area contributed by atoms with Gasteiger partial charge in [0, 0.05) is 51.5 Å². The van der Waals surface area contributed by atoms with Crippen LogP contribution in [0.15, 0.2) is 23.1 Å². The molecule has 2 unspecified atom stereocenters. The molecule has 1 aliphatic heterocycles. The lowest BCUT2D eigenvalue weighted by molar-refractivity contribution is 0.0665. The summed E-state index contributed by atoms with van der Waals surface area (Å²) in [6.07, 6.45) is 0.932. The zero-order valence-corrected chi connectivity index (χ0v) is 17.1. The quantitative estimate of drug-likeness (QED) is 0.635. The predicted octanol–water partition coefficient (Wildman–Crippen LogP) is 1.82. The molecule has 0 aromatic heterocycles. The van der Waals surface area contributed by atoms with Crippen molar-refractivity contribution < 1.29 is 22.6 Å². The zero-order chi connectivity index (χ0) is 19.3. The van der Waals surface area contributed by atoms with Crippen molar-refractivity contribution in [3.63, 3.8) is 0 Å². The number of ether oxygens (including phenoxy) is 3. The smallest absolute Gasteiger partial charge is 0.247 e. The standard InChI is InChI=1S/C18H30N2O5S/c1-14-12-19(13-15(2)20(14)9-6-10-23-3)26(21,22)18-11-16(24-4)7-8-17(18)25-5/h7-8,11,14-15H,6,9-10,12-13H2,1-5H3. The van der Waals surface area contributed by atoms with Gasteiger partial charge >= 0.3 is 0 Å². The summed E-state index contributed by atoms with van der Waals surface area (Å²) in [6, 6.07) is 5.09. The number of methoxy groups -OCH3 is 3. The van der Waals surface area contributed by atoms with Gasteiger partial charge < -0.3 is 14.2 Å². The molecule has 1 heterocycles. The molecule has 1 fully saturated rings. The summed E-state index contributed by atoms with van der Waals surface area (Å²) < 4.78 is 43.6. The first-order chi connectivity index (χ1) is 12.3. The van der Waals surface area contributed by atoms with E-state index in [1.54, 1.807) is 23.5 Å². The van der Waals surface area contributed by atoms with E-state index < -0.39 is 10.0 Å². The van der Waals surface area contributed by atoms with Gasteiger partial charge in [0.25, 0.3) is 0 Å². The highest BCUT2D eigenvalue weighted by Crippen LogP contribution is 2.32. The topological polar surface area (TPSA) is 68.3 Å². The van der Waals surface area contributed by atoms with E-state index in [1.807, 2.05) is 0 Å². The molecule has 1 aromatic carbocycles. The van der Waals surface area contributed by atoms with Crippen LogP contribution < -0.4 is 9.47 Å². The lowest BCUT2D eigenvalue weighted by atomic mass is 10.1. The highest BCUT2D eigenvalue weighted by Gasteiger charge is 2.37. The summed E-state index contributed by atoms with van der Waals surface area (Å²) in [7, 11) is 1.01. The Kier molecular flexibility index (Phi) is 7.28. The highest BCUT2D eigenvalue weighted by molar-refractivity contribution is 7.89. The SMILES string of the molecule is COCCCN1C(C)CN(S(=O)(=O)c2cc(OC)ccc2OC)CC1C. The second kappa shape index (κ2) is 9.03. The Balaban J connectivity index is 2.23. The summed E-state index contributed by atoms with van der Waals surface area (Å²) in [5.41, 5.74) is 0. The monoisotopic (exact) mass is 386 g/mol. The van der Waals surface area contributed by atoms with Crippen LogP contribution in [0.4, 0.5) is 0 Å². The van der Waals surface area contributed by atoms with E-state index in [0.29, 0.717) is 31.2 Å². The lowest BCUT2D eigenvalue weighted by Gasteiger charge is -2.43. The van der Waals surface area contributed by atoms with E-state index in [9.17, 15) is 8.42 Å². The van der Waals surface area contributed by atoms with Gasteiger partial charge in [-0.3, -0.25) is 4.90 Å². The van der Waals surface area contributed by atoms with E-state index in [0.717, 1.165) is 13.0 Å². The van der Waals surface area contributed by atoms with Crippen molar-refractivity contribution in [1.29, 1.82) is 0 Å². The minimum atomic E-state index is -3.67. The largest absolute Gasteiger partial charge is 0.497 e. The fourth-order valence-electron chi connectivity index (χ4n) is 3.46. The molecule has 26 heavy (non-hydrogen) atoms. The second-order valence-electron chi connectivity index (χ2n) is 6.62. The van der Waals surface area contributed by atoms with Crippen molar-refractivity contribution in [2.45, 2.75) is 37.2 Å².